The fourth-order valence-electron chi connectivity index (χ4n) is 1.43. The lowest BCUT2D eigenvalue weighted by atomic mass is 10.1. The summed E-state index contributed by atoms with van der Waals surface area (Å²) < 4.78 is 13.4. The van der Waals surface area contributed by atoms with Gasteiger partial charge in [0.25, 0.3) is 0 Å². The van der Waals surface area contributed by atoms with Crippen molar-refractivity contribution in [1.29, 1.82) is 0 Å². The third kappa shape index (κ3) is 1.65. The fraction of sp³-hybridized carbons (Fsp3) is 0.222. The minimum atomic E-state index is -0.397. The summed E-state index contributed by atoms with van der Waals surface area (Å²) in [5.41, 5.74) is 0.452. The van der Waals surface area contributed by atoms with E-state index in [0.717, 1.165) is 0 Å². The Kier molecular flexibility index (Phi) is 2.29. The molecule has 5 heteroatoms. The Morgan fingerprint density at radius 2 is 2.29 bits per heavy atom. The van der Waals surface area contributed by atoms with Crippen molar-refractivity contribution in [3.63, 3.8) is 0 Å². The summed E-state index contributed by atoms with van der Waals surface area (Å²) >= 11 is 5.61. The van der Waals surface area contributed by atoms with Crippen molar-refractivity contribution >= 4 is 17.6 Å². The molecule has 0 spiro atoms. The Bertz CT molecular complexity index is 383. The van der Waals surface area contributed by atoms with E-state index in [1.54, 1.807) is 12.1 Å². The maximum Gasteiger partial charge on any atom is 0.315 e. The molecule has 2 N–H and O–H groups in total. The molecule has 0 radical (unpaired) electrons. The Balaban J connectivity index is 2.28. The van der Waals surface area contributed by atoms with E-state index in [0.29, 0.717) is 17.1 Å². The SMILES string of the molecule is O=C1NC[C@H](c2ccc(Cl)cc2F)N1. The second-order valence-corrected chi connectivity index (χ2v) is 3.51. The van der Waals surface area contributed by atoms with Crippen LogP contribution in [0.2, 0.25) is 5.02 Å². The quantitative estimate of drug-likeness (QED) is 0.736. The predicted molar refractivity (Wildman–Crippen MR) is 50.7 cm³/mol. The Labute approximate surface area is 85.3 Å². The van der Waals surface area contributed by atoms with Crippen molar-refractivity contribution in [2.45, 2.75) is 6.04 Å². The Hall–Kier alpha value is -1.29. The van der Waals surface area contributed by atoms with Gasteiger partial charge >= 0.3 is 6.03 Å². The molecular weight excluding hydrogens is 207 g/mol. The number of amides is 2. The highest BCUT2D eigenvalue weighted by molar-refractivity contribution is 6.30. The van der Waals surface area contributed by atoms with Gasteiger partial charge in [0, 0.05) is 17.1 Å². The molecule has 14 heavy (non-hydrogen) atoms. The topological polar surface area (TPSA) is 41.1 Å². The van der Waals surface area contributed by atoms with Crippen LogP contribution in [0.5, 0.6) is 0 Å². The molecule has 1 aliphatic heterocycles. The largest absolute Gasteiger partial charge is 0.336 e. The number of urea groups is 1. The molecule has 0 bridgehead atoms. The van der Waals surface area contributed by atoms with Crippen LogP contribution in [0.15, 0.2) is 18.2 Å². The standard InChI is InChI=1S/C9H8ClFN2O/c10-5-1-2-6(7(11)3-5)8-4-12-9(14)13-8/h1-3,8H,4H2,(H2,12,13,14)/t8-/m1/s1. The summed E-state index contributed by atoms with van der Waals surface area (Å²) in [5, 5.41) is 5.51. The number of halogens is 2. The summed E-state index contributed by atoms with van der Waals surface area (Å²) in [6.45, 7) is 0.400. The molecule has 1 aromatic carbocycles. The summed E-state index contributed by atoms with van der Waals surface area (Å²) in [5.74, 6) is -0.397. The van der Waals surface area contributed by atoms with Crippen LogP contribution in [0, 0.1) is 5.82 Å². The molecule has 1 aromatic rings. The van der Waals surface area contributed by atoms with Gasteiger partial charge in [-0.3, -0.25) is 0 Å². The van der Waals surface area contributed by atoms with Crippen LogP contribution in [0.4, 0.5) is 9.18 Å². The monoisotopic (exact) mass is 214 g/mol. The molecule has 1 fully saturated rings. The van der Waals surface area contributed by atoms with Gasteiger partial charge in [0.2, 0.25) is 0 Å². The number of hydrogen-bond acceptors (Lipinski definition) is 1. The van der Waals surface area contributed by atoms with E-state index < -0.39 is 5.82 Å². The lowest BCUT2D eigenvalue weighted by molar-refractivity contribution is 0.247. The average Bonchev–Trinajstić information content (AvgIpc) is 2.51. The van der Waals surface area contributed by atoms with Crippen LogP contribution in [0.1, 0.15) is 11.6 Å². The van der Waals surface area contributed by atoms with Crippen molar-refractivity contribution in [3.8, 4) is 0 Å². The Morgan fingerprint density at radius 3 is 2.86 bits per heavy atom. The molecule has 1 aliphatic rings. The molecule has 0 unspecified atom stereocenters. The molecule has 74 valence electrons. The third-order valence-corrected chi connectivity index (χ3v) is 2.35. The number of carbonyl (C=O) groups excluding carboxylic acids is 1. The van der Waals surface area contributed by atoms with Gasteiger partial charge < -0.3 is 10.6 Å². The van der Waals surface area contributed by atoms with Crippen LogP contribution in [0.3, 0.4) is 0 Å². The van der Waals surface area contributed by atoms with E-state index >= 15 is 0 Å². The highest BCUT2D eigenvalue weighted by Crippen LogP contribution is 2.21. The van der Waals surface area contributed by atoms with Gasteiger partial charge in [-0.1, -0.05) is 17.7 Å². The molecule has 0 aromatic heterocycles. The average molecular weight is 215 g/mol. The van der Waals surface area contributed by atoms with Crippen LogP contribution >= 0.6 is 11.6 Å². The maximum absolute atomic E-state index is 13.4. The highest BCUT2D eigenvalue weighted by atomic mass is 35.5. The first-order chi connectivity index (χ1) is 6.66. The normalized spacial score (nSPS) is 20.4. The molecule has 0 saturated carbocycles. The number of hydrogen-bond donors (Lipinski definition) is 2. The van der Waals surface area contributed by atoms with E-state index in [1.165, 1.54) is 6.07 Å². The maximum atomic E-state index is 13.4. The smallest absolute Gasteiger partial charge is 0.315 e. The third-order valence-electron chi connectivity index (χ3n) is 2.11. The van der Waals surface area contributed by atoms with Crippen molar-refractivity contribution in [1.82, 2.24) is 10.6 Å². The van der Waals surface area contributed by atoms with Crippen LogP contribution in [-0.4, -0.2) is 12.6 Å². The number of rotatable bonds is 1. The molecule has 0 aliphatic carbocycles. The number of carbonyl (C=O) groups is 1. The van der Waals surface area contributed by atoms with Gasteiger partial charge in [-0.15, -0.1) is 0 Å². The molecular formula is C9H8ClFN2O. The van der Waals surface area contributed by atoms with Crippen LogP contribution in [0.25, 0.3) is 0 Å². The highest BCUT2D eigenvalue weighted by Gasteiger charge is 2.23. The number of benzene rings is 1. The lowest BCUT2D eigenvalue weighted by Crippen LogP contribution is -2.22. The minimum Gasteiger partial charge on any atom is -0.336 e. The first-order valence-corrected chi connectivity index (χ1v) is 4.54. The lowest BCUT2D eigenvalue weighted by Gasteiger charge is -2.09. The van der Waals surface area contributed by atoms with Crippen LogP contribution in [-0.2, 0) is 0 Å². The van der Waals surface area contributed by atoms with Crippen molar-refractivity contribution < 1.29 is 9.18 Å². The molecule has 1 saturated heterocycles. The fourth-order valence-corrected chi connectivity index (χ4v) is 1.59. The van der Waals surface area contributed by atoms with Crippen molar-refractivity contribution in [3.05, 3.63) is 34.6 Å². The summed E-state index contributed by atoms with van der Waals surface area (Å²) in [6, 6.07) is 3.84. The Morgan fingerprint density at radius 1 is 1.50 bits per heavy atom. The first-order valence-electron chi connectivity index (χ1n) is 4.16. The van der Waals surface area contributed by atoms with Crippen LogP contribution < -0.4 is 10.6 Å². The second-order valence-electron chi connectivity index (χ2n) is 3.07. The van der Waals surface area contributed by atoms with E-state index in [2.05, 4.69) is 10.6 Å². The molecule has 1 atom stereocenters. The molecule has 2 amide bonds. The van der Waals surface area contributed by atoms with E-state index in [1.807, 2.05) is 0 Å². The van der Waals surface area contributed by atoms with Crippen molar-refractivity contribution in [2.75, 3.05) is 6.54 Å². The van der Waals surface area contributed by atoms with Gasteiger partial charge in [-0.25, -0.2) is 9.18 Å². The van der Waals surface area contributed by atoms with Gasteiger partial charge in [0.1, 0.15) is 5.82 Å². The van der Waals surface area contributed by atoms with E-state index in [4.69, 9.17) is 11.6 Å². The second kappa shape index (κ2) is 3.46. The summed E-state index contributed by atoms with van der Waals surface area (Å²) in [7, 11) is 0. The van der Waals surface area contributed by atoms with E-state index in [9.17, 15) is 9.18 Å². The first kappa shape index (κ1) is 9.27. The minimum absolute atomic E-state index is 0.274. The predicted octanol–water partition coefficient (Wildman–Crippen LogP) is 1.83. The summed E-state index contributed by atoms with van der Waals surface area (Å²) in [4.78, 5) is 10.8. The summed E-state index contributed by atoms with van der Waals surface area (Å²) in [6.07, 6.45) is 0. The zero-order valence-electron chi connectivity index (χ0n) is 7.18. The zero-order valence-corrected chi connectivity index (χ0v) is 7.94. The molecule has 3 nitrogen and oxygen atoms in total. The van der Waals surface area contributed by atoms with Gasteiger partial charge in [0.05, 0.1) is 6.04 Å². The number of nitrogens with one attached hydrogen (secondary N) is 2. The zero-order chi connectivity index (χ0) is 10.1. The van der Waals surface area contributed by atoms with Crippen molar-refractivity contribution in [2.24, 2.45) is 0 Å². The van der Waals surface area contributed by atoms with Gasteiger partial charge in [0.15, 0.2) is 0 Å². The molecule has 1 heterocycles. The van der Waals surface area contributed by atoms with Gasteiger partial charge in [-0.2, -0.15) is 0 Å². The molecule has 2 rings (SSSR count). The van der Waals surface area contributed by atoms with Gasteiger partial charge in [-0.05, 0) is 12.1 Å². The van der Waals surface area contributed by atoms with E-state index in [-0.39, 0.29) is 12.1 Å².